The van der Waals surface area contributed by atoms with Crippen LogP contribution in [-0.4, -0.2) is 54.4 Å². The molecule has 0 aromatic heterocycles. The summed E-state index contributed by atoms with van der Waals surface area (Å²) in [5.74, 6) is -2.43. The molecule has 4 aromatic rings. The van der Waals surface area contributed by atoms with Crippen molar-refractivity contribution in [1.82, 2.24) is 4.90 Å². The maximum absolute atomic E-state index is 14.5. The van der Waals surface area contributed by atoms with E-state index in [2.05, 4.69) is 6.07 Å². The zero-order valence-electron chi connectivity index (χ0n) is 25.2. The number of ether oxygens (including phenoxy) is 2. The van der Waals surface area contributed by atoms with Crippen LogP contribution in [0.2, 0.25) is 0 Å². The Morgan fingerprint density at radius 1 is 0.867 bits per heavy atom. The zero-order valence-corrected chi connectivity index (χ0v) is 26.0. The summed E-state index contributed by atoms with van der Waals surface area (Å²) in [5.41, 5.74) is 10.1. The molecule has 2 atom stereocenters. The molecule has 1 unspecified atom stereocenters. The lowest BCUT2D eigenvalue weighted by Crippen LogP contribution is -2.54. The van der Waals surface area contributed by atoms with E-state index < -0.39 is 35.8 Å². The highest BCUT2D eigenvalue weighted by Gasteiger charge is 2.38. The molecule has 2 amide bonds. The second kappa shape index (κ2) is 16.4. The van der Waals surface area contributed by atoms with Gasteiger partial charge in [-0.05, 0) is 48.2 Å². The smallest absolute Gasteiger partial charge is 0.337 e. The third-order valence-electron chi connectivity index (χ3n) is 7.14. The Labute approximate surface area is 267 Å². The minimum absolute atomic E-state index is 0.106. The fourth-order valence-corrected chi connectivity index (χ4v) is 5.65. The maximum Gasteiger partial charge on any atom is 0.337 e. The molecule has 0 saturated heterocycles. The SMILES string of the molecule is COC(=O)c1cccc(SCOCC(C#N)N(C(=O)C(c2ccccc2)c2ccccc2)C(=O)[C@@H](N)Cc2cccc(C)c2)c1. The number of esters is 1. The van der Waals surface area contributed by atoms with Crippen LogP contribution in [0.1, 0.15) is 38.5 Å². The number of hydrogen-bond donors (Lipinski definition) is 1. The van der Waals surface area contributed by atoms with E-state index >= 15 is 0 Å². The Hall–Kier alpha value is -4.75. The average Bonchev–Trinajstić information content (AvgIpc) is 3.06. The fraction of sp³-hybridized carbons (Fsp3) is 0.222. The van der Waals surface area contributed by atoms with Gasteiger partial charge in [-0.25, -0.2) is 4.79 Å². The summed E-state index contributed by atoms with van der Waals surface area (Å²) in [6, 6.07) is 32.6. The molecular weight excluding hydrogens is 586 g/mol. The van der Waals surface area contributed by atoms with E-state index in [1.807, 2.05) is 97.9 Å². The number of nitrogens with zero attached hydrogens (tertiary/aromatic N) is 2. The van der Waals surface area contributed by atoms with Crippen LogP contribution in [0.5, 0.6) is 0 Å². The fourth-order valence-electron chi connectivity index (χ4n) is 4.95. The molecule has 8 nitrogen and oxygen atoms in total. The Balaban J connectivity index is 1.60. The summed E-state index contributed by atoms with van der Waals surface area (Å²) in [4.78, 5) is 42.2. The lowest BCUT2D eigenvalue weighted by Gasteiger charge is -2.31. The van der Waals surface area contributed by atoms with Gasteiger partial charge in [0.05, 0.1) is 43.2 Å². The van der Waals surface area contributed by atoms with Crippen LogP contribution in [0.25, 0.3) is 0 Å². The highest BCUT2D eigenvalue weighted by Crippen LogP contribution is 2.29. The molecule has 9 heteroatoms. The second-order valence-electron chi connectivity index (χ2n) is 10.4. The second-order valence-corrected chi connectivity index (χ2v) is 11.4. The first-order valence-corrected chi connectivity index (χ1v) is 15.4. The Bertz CT molecular complexity index is 1600. The topological polar surface area (TPSA) is 123 Å². The van der Waals surface area contributed by atoms with Gasteiger partial charge in [-0.1, -0.05) is 108 Å². The third kappa shape index (κ3) is 8.89. The number of thioether (sulfide) groups is 1. The van der Waals surface area contributed by atoms with Crippen LogP contribution in [-0.2, 0) is 25.5 Å². The van der Waals surface area contributed by atoms with Crippen molar-refractivity contribution >= 4 is 29.5 Å². The van der Waals surface area contributed by atoms with Crippen molar-refractivity contribution < 1.29 is 23.9 Å². The number of carbonyl (C=O) groups excluding carboxylic acids is 3. The molecule has 0 spiro atoms. The average molecular weight is 622 g/mol. The molecule has 45 heavy (non-hydrogen) atoms. The third-order valence-corrected chi connectivity index (χ3v) is 8.02. The number of aryl methyl sites for hydroxylation is 1. The van der Waals surface area contributed by atoms with Crippen molar-refractivity contribution in [3.63, 3.8) is 0 Å². The van der Waals surface area contributed by atoms with Gasteiger partial charge in [0.25, 0.3) is 0 Å². The first-order valence-electron chi connectivity index (χ1n) is 14.4. The number of benzene rings is 4. The van der Waals surface area contributed by atoms with E-state index in [1.54, 1.807) is 18.2 Å². The molecule has 0 heterocycles. The summed E-state index contributed by atoms with van der Waals surface area (Å²) in [6.45, 7) is 1.72. The number of hydrogen-bond acceptors (Lipinski definition) is 8. The molecule has 4 rings (SSSR count). The molecule has 0 saturated carbocycles. The predicted molar refractivity (Wildman–Crippen MR) is 173 cm³/mol. The summed E-state index contributed by atoms with van der Waals surface area (Å²) in [7, 11) is 1.31. The summed E-state index contributed by atoms with van der Waals surface area (Å²) >= 11 is 1.30. The first kappa shape index (κ1) is 33.1. The lowest BCUT2D eigenvalue weighted by atomic mass is 9.89. The summed E-state index contributed by atoms with van der Waals surface area (Å²) in [6.07, 6.45) is 0.191. The van der Waals surface area contributed by atoms with Crippen molar-refractivity contribution in [2.45, 2.75) is 36.2 Å². The van der Waals surface area contributed by atoms with E-state index in [1.165, 1.54) is 18.9 Å². The molecule has 0 bridgehead atoms. The number of rotatable bonds is 13. The molecule has 0 aliphatic heterocycles. The Kier molecular flexibility index (Phi) is 12.0. The van der Waals surface area contributed by atoms with E-state index in [4.69, 9.17) is 15.2 Å². The molecular formula is C36H35N3O5S. The van der Waals surface area contributed by atoms with Crippen LogP contribution >= 0.6 is 11.8 Å². The highest BCUT2D eigenvalue weighted by molar-refractivity contribution is 7.99. The highest BCUT2D eigenvalue weighted by atomic mass is 32.2. The minimum atomic E-state index is -1.24. The largest absolute Gasteiger partial charge is 0.465 e. The quantitative estimate of drug-likeness (QED) is 0.0899. The van der Waals surface area contributed by atoms with E-state index in [0.717, 1.165) is 20.9 Å². The van der Waals surface area contributed by atoms with Crippen molar-refractivity contribution in [3.05, 3.63) is 137 Å². The number of nitrogens with two attached hydrogens (primary N) is 1. The van der Waals surface area contributed by atoms with E-state index in [9.17, 15) is 19.6 Å². The normalized spacial score (nSPS) is 12.2. The number of methoxy groups -OCH3 is 1. The van der Waals surface area contributed by atoms with Gasteiger partial charge >= 0.3 is 5.97 Å². The van der Waals surface area contributed by atoms with Gasteiger partial charge in [0.1, 0.15) is 6.04 Å². The van der Waals surface area contributed by atoms with E-state index in [0.29, 0.717) is 16.7 Å². The molecule has 230 valence electrons. The Morgan fingerprint density at radius 3 is 2.11 bits per heavy atom. The van der Waals surface area contributed by atoms with E-state index in [-0.39, 0.29) is 19.0 Å². The molecule has 0 radical (unpaired) electrons. The van der Waals surface area contributed by atoms with Gasteiger partial charge in [0.15, 0.2) is 0 Å². The van der Waals surface area contributed by atoms with Crippen LogP contribution in [0.4, 0.5) is 0 Å². The van der Waals surface area contributed by atoms with Crippen molar-refractivity contribution in [1.29, 1.82) is 5.26 Å². The predicted octanol–water partition coefficient (Wildman–Crippen LogP) is 5.50. The molecule has 0 aliphatic rings. The van der Waals surface area contributed by atoms with Crippen molar-refractivity contribution in [2.24, 2.45) is 5.73 Å². The molecule has 2 N–H and O–H groups in total. The van der Waals surface area contributed by atoms with Crippen LogP contribution in [0, 0.1) is 18.3 Å². The number of nitriles is 1. The van der Waals surface area contributed by atoms with Crippen LogP contribution < -0.4 is 5.73 Å². The number of carbonyl (C=O) groups is 3. The summed E-state index contributed by atoms with van der Waals surface area (Å²) in [5, 5.41) is 10.3. The van der Waals surface area contributed by atoms with Gasteiger partial charge in [0.2, 0.25) is 11.8 Å². The number of amides is 2. The van der Waals surface area contributed by atoms with Gasteiger partial charge < -0.3 is 15.2 Å². The maximum atomic E-state index is 14.5. The Morgan fingerprint density at radius 2 is 1.51 bits per heavy atom. The van der Waals surface area contributed by atoms with Crippen molar-refractivity contribution in [2.75, 3.05) is 19.7 Å². The van der Waals surface area contributed by atoms with Crippen LogP contribution in [0.3, 0.4) is 0 Å². The molecule has 0 fully saturated rings. The zero-order chi connectivity index (χ0) is 32.2. The first-order chi connectivity index (χ1) is 21.8. The molecule has 0 aliphatic carbocycles. The van der Waals surface area contributed by atoms with Crippen LogP contribution in [0.15, 0.2) is 114 Å². The van der Waals surface area contributed by atoms with Gasteiger partial charge in [0, 0.05) is 4.90 Å². The summed E-state index contributed by atoms with van der Waals surface area (Å²) < 4.78 is 10.6. The lowest BCUT2D eigenvalue weighted by molar-refractivity contribution is -0.148. The van der Waals surface area contributed by atoms with Gasteiger partial charge in [-0.3, -0.25) is 14.5 Å². The van der Waals surface area contributed by atoms with Gasteiger partial charge in [-0.15, -0.1) is 0 Å². The standard InChI is InChI=1S/C36H35N3O5S/c1-25-11-9-12-26(19-25)20-32(38)34(40)39(35(41)33(27-13-5-3-6-14-27)28-15-7-4-8-16-28)30(22-37)23-44-24-45-31-18-10-17-29(21-31)36(42)43-2/h3-19,21,30,32-33H,20,23-24,38H2,1-2H3/t30?,32-/m0/s1. The van der Waals surface area contributed by atoms with Crippen molar-refractivity contribution in [3.8, 4) is 6.07 Å². The van der Waals surface area contributed by atoms with Gasteiger partial charge in [-0.2, -0.15) is 5.26 Å². The minimum Gasteiger partial charge on any atom is -0.465 e. The monoisotopic (exact) mass is 621 g/mol. The number of imide groups is 1. The molecule has 4 aromatic carbocycles.